The monoisotopic (exact) mass is 238 g/mol. The minimum Gasteiger partial charge on any atom is -0.0817 e. The second kappa shape index (κ2) is 2.40. The molecule has 0 aromatic rings. The Morgan fingerprint density at radius 2 is 2.00 bits per heavy atom. The molecular formula is C8H15I. The van der Waals surface area contributed by atoms with Crippen molar-refractivity contribution in [3.05, 3.63) is 0 Å². The van der Waals surface area contributed by atoms with Crippen LogP contribution in [-0.4, -0.2) is 3.92 Å². The average molecular weight is 238 g/mol. The van der Waals surface area contributed by atoms with Crippen molar-refractivity contribution in [3.63, 3.8) is 0 Å². The highest BCUT2D eigenvalue weighted by molar-refractivity contribution is 14.1. The summed E-state index contributed by atoms with van der Waals surface area (Å²) in [4.78, 5) is 0. The minimum atomic E-state index is 0.611. The minimum absolute atomic E-state index is 0.611. The number of hydrogen-bond donors (Lipinski definition) is 0. The fourth-order valence-electron chi connectivity index (χ4n) is 1.65. The van der Waals surface area contributed by atoms with E-state index in [-0.39, 0.29) is 0 Å². The van der Waals surface area contributed by atoms with Crippen molar-refractivity contribution >= 4 is 22.6 Å². The molecule has 1 rings (SSSR count). The van der Waals surface area contributed by atoms with Gasteiger partial charge in [0.15, 0.2) is 0 Å². The second-order valence-corrected chi connectivity index (χ2v) is 5.25. The molecule has 1 aliphatic rings. The van der Waals surface area contributed by atoms with E-state index in [1.165, 1.54) is 12.8 Å². The van der Waals surface area contributed by atoms with Gasteiger partial charge in [-0.2, -0.15) is 0 Å². The lowest BCUT2D eigenvalue weighted by Crippen LogP contribution is -2.20. The number of alkyl halides is 1. The third-order valence-corrected chi connectivity index (χ3v) is 5.40. The van der Waals surface area contributed by atoms with Crippen LogP contribution in [0.15, 0.2) is 0 Å². The molecule has 0 aliphatic heterocycles. The van der Waals surface area contributed by atoms with Crippen LogP contribution >= 0.6 is 22.6 Å². The summed E-state index contributed by atoms with van der Waals surface area (Å²) in [5.74, 6) is 0.945. The summed E-state index contributed by atoms with van der Waals surface area (Å²) in [7, 11) is 0. The van der Waals surface area contributed by atoms with Crippen LogP contribution in [0.5, 0.6) is 0 Å². The van der Waals surface area contributed by atoms with Gasteiger partial charge in [0.1, 0.15) is 0 Å². The zero-order valence-electron chi connectivity index (χ0n) is 6.45. The SMILES string of the molecule is C[C@@H]1CCC(C)(C)[C@H]1I. The van der Waals surface area contributed by atoms with Gasteiger partial charge >= 0.3 is 0 Å². The Labute approximate surface area is 71.5 Å². The summed E-state index contributed by atoms with van der Waals surface area (Å²) in [6.07, 6.45) is 2.85. The number of hydrogen-bond acceptors (Lipinski definition) is 0. The van der Waals surface area contributed by atoms with Gasteiger partial charge in [0.25, 0.3) is 0 Å². The highest BCUT2D eigenvalue weighted by Gasteiger charge is 2.37. The summed E-state index contributed by atoms with van der Waals surface area (Å²) in [5, 5.41) is 0. The van der Waals surface area contributed by atoms with Crippen molar-refractivity contribution in [2.75, 3.05) is 0 Å². The first-order valence-electron chi connectivity index (χ1n) is 3.68. The van der Waals surface area contributed by atoms with Crippen molar-refractivity contribution < 1.29 is 0 Å². The van der Waals surface area contributed by atoms with Crippen LogP contribution in [0.4, 0.5) is 0 Å². The van der Waals surface area contributed by atoms with E-state index in [0.29, 0.717) is 5.41 Å². The number of halogens is 1. The van der Waals surface area contributed by atoms with Crippen molar-refractivity contribution in [1.29, 1.82) is 0 Å². The lowest BCUT2D eigenvalue weighted by Gasteiger charge is -2.23. The Morgan fingerprint density at radius 3 is 2.11 bits per heavy atom. The lowest BCUT2D eigenvalue weighted by molar-refractivity contribution is 0.392. The zero-order chi connectivity index (χ0) is 7.07. The van der Waals surface area contributed by atoms with Crippen molar-refractivity contribution in [2.45, 2.75) is 37.5 Å². The Balaban J connectivity index is 2.62. The van der Waals surface area contributed by atoms with E-state index in [4.69, 9.17) is 0 Å². The van der Waals surface area contributed by atoms with Gasteiger partial charge in [0, 0.05) is 3.92 Å². The van der Waals surface area contributed by atoms with Gasteiger partial charge in [-0.05, 0) is 24.2 Å². The highest BCUT2D eigenvalue weighted by Crippen LogP contribution is 2.45. The second-order valence-electron chi connectivity index (χ2n) is 3.91. The molecule has 1 aliphatic carbocycles. The molecule has 1 saturated carbocycles. The lowest BCUT2D eigenvalue weighted by atomic mass is 9.91. The molecule has 9 heavy (non-hydrogen) atoms. The molecule has 0 spiro atoms. The van der Waals surface area contributed by atoms with E-state index in [1.807, 2.05) is 0 Å². The van der Waals surface area contributed by atoms with E-state index in [1.54, 1.807) is 0 Å². The highest BCUT2D eigenvalue weighted by atomic mass is 127. The van der Waals surface area contributed by atoms with Gasteiger partial charge in [-0.1, -0.05) is 43.4 Å². The summed E-state index contributed by atoms with van der Waals surface area (Å²) >= 11 is 2.60. The van der Waals surface area contributed by atoms with Crippen LogP contribution in [-0.2, 0) is 0 Å². The summed E-state index contributed by atoms with van der Waals surface area (Å²) in [6.45, 7) is 7.13. The summed E-state index contributed by atoms with van der Waals surface area (Å²) in [6, 6.07) is 0. The van der Waals surface area contributed by atoms with E-state index in [9.17, 15) is 0 Å². The first-order chi connectivity index (χ1) is 4.04. The van der Waals surface area contributed by atoms with E-state index in [2.05, 4.69) is 43.4 Å². The molecule has 0 aromatic carbocycles. The molecule has 0 amide bonds. The predicted molar refractivity (Wildman–Crippen MR) is 50.0 cm³/mol. The zero-order valence-corrected chi connectivity index (χ0v) is 8.60. The molecule has 0 unspecified atom stereocenters. The van der Waals surface area contributed by atoms with Crippen molar-refractivity contribution in [2.24, 2.45) is 11.3 Å². The molecule has 1 fully saturated rings. The van der Waals surface area contributed by atoms with Gasteiger partial charge in [-0.15, -0.1) is 0 Å². The van der Waals surface area contributed by atoms with Crippen molar-refractivity contribution in [1.82, 2.24) is 0 Å². The normalized spacial score (nSPS) is 41.3. The number of rotatable bonds is 0. The molecule has 54 valence electrons. The molecule has 1 heteroatoms. The fraction of sp³-hybridized carbons (Fsp3) is 1.00. The van der Waals surface area contributed by atoms with Crippen LogP contribution < -0.4 is 0 Å². The maximum Gasteiger partial charge on any atom is 0.0186 e. The largest absolute Gasteiger partial charge is 0.0817 e. The summed E-state index contributed by atoms with van der Waals surface area (Å²) in [5.41, 5.74) is 0.611. The molecule has 2 atom stereocenters. The fourth-order valence-corrected chi connectivity index (χ4v) is 2.33. The molecule has 0 N–H and O–H groups in total. The average Bonchev–Trinajstić information content (AvgIpc) is 1.97. The molecule has 0 saturated heterocycles. The van der Waals surface area contributed by atoms with E-state index < -0.39 is 0 Å². The summed E-state index contributed by atoms with van der Waals surface area (Å²) < 4.78 is 0.898. The first kappa shape index (κ1) is 7.83. The first-order valence-corrected chi connectivity index (χ1v) is 4.93. The Hall–Kier alpha value is 0.730. The predicted octanol–water partition coefficient (Wildman–Crippen LogP) is 3.25. The van der Waals surface area contributed by atoms with Crippen LogP contribution in [0.1, 0.15) is 33.6 Å². The van der Waals surface area contributed by atoms with Crippen LogP contribution in [0.3, 0.4) is 0 Å². The third kappa shape index (κ3) is 1.41. The Bertz CT molecular complexity index is 107. The molecule has 0 radical (unpaired) electrons. The van der Waals surface area contributed by atoms with Gasteiger partial charge in [-0.3, -0.25) is 0 Å². The van der Waals surface area contributed by atoms with Gasteiger partial charge < -0.3 is 0 Å². The Morgan fingerprint density at radius 1 is 1.44 bits per heavy atom. The van der Waals surface area contributed by atoms with E-state index in [0.717, 1.165) is 9.84 Å². The Kier molecular flexibility index (Phi) is 2.09. The van der Waals surface area contributed by atoms with Crippen LogP contribution in [0, 0.1) is 11.3 Å². The van der Waals surface area contributed by atoms with Gasteiger partial charge in [0.2, 0.25) is 0 Å². The van der Waals surface area contributed by atoms with Crippen LogP contribution in [0.2, 0.25) is 0 Å². The van der Waals surface area contributed by atoms with Crippen LogP contribution in [0.25, 0.3) is 0 Å². The molecular weight excluding hydrogens is 223 g/mol. The molecule has 0 heterocycles. The van der Waals surface area contributed by atoms with Gasteiger partial charge in [0.05, 0.1) is 0 Å². The third-order valence-electron chi connectivity index (χ3n) is 2.49. The molecule has 0 aromatic heterocycles. The van der Waals surface area contributed by atoms with Crippen molar-refractivity contribution in [3.8, 4) is 0 Å². The topological polar surface area (TPSA) is 0 Å². The van der Waals surface area contributed by atoms with E-state index >= 15 is 0 Å². The standard InChI is InChI=1S/C8H15I/c1-6-4-5-8(2,3)7(6)9/h6-7H,4-5H2,1-3H3/t6-,7+/m1/s1. The van der Waals surface area contributed by atoms with Gasteiger partial charge in [-0.25, -0.2) is 0 Å². The maximum atomic E-state index is 2.60. The smallest absolute Gasteiger partial charge is 0.0186 e. The molecule has 0 bridgehead atoms. The molecule has 0 nitrogen and oxygen atoms in total. The maximum absolute atomic E-state index is 2.60. The quantitative estimate of drug-likeness (QED) is 0.449.